The third kappa shape index (κ3) is 6.02. The SMILES string of the molecule is CC(CC1CCC(C)(C)C1(C)C)OC(=O)C1CCCN1C(=O)C(NC(=O)c1ccc(O)c(O)c1)C(F)(F)F. The van der Waals surface area contributed by atoms with Crippen LogP contribution in [0.15, 0.2) is 18.2 Å². The Morgan fingerprint density at radius 3 is 2.34 bits per heavy atom. The number of amides is 2. The molecule has 1 heterocycles. The molecule has 0 radical (unpaired) electrons. The van der Waals surface area contributed by atoms with E-state index in [0.717, 1.165) is 35.9 Å². The summed E-state index contributed by atoms with van der Waals surface area (Å²) in [5.74, 6) is -4.43. The van der Waals surface area contributed by atoms with Gasteiger partial charge in [-0.05, 0) is 74.0 Å². The highest BCUT2D eigenvalue weighted by Crippen LogP contribution is 2.57. The van der Waals surface area contributed by atoms with Crippen molar-refractivity contribution in [1.82, 2.24) is 10.2 Å². The Morgan fingerprint density at radius 1 is 1.13 bits per heavy atom. The molecule has 8 nitrogen and oxygen atoms in total. The number of rotatable bonds is 7. The van der Waals surface area contributed by atoms with Gasteiger partial charge in [0.2, 0.25) is 6.04 Å². The quantitative estimate of drug-likeness (QED) is 0.344. The van der Waals surface area contributed by atoms with Crippen molar-refractivity contribution in [1.29, 1.82) is 0 Å². The van der Waals surface area contributed by atoms with Crippen LogP contribution in [0.5, 0.6) is 11.5 Å². The van der Waals surface area contributed by atoms with Gasteiger partial charge in [-0.25, -0.2) is 4.79 Å². The first kappa shape index (κ1) is 29.6. The molecule has 2 amide bonds. The summed E-state index contributed by atoms with van der Waals surface area (Å²) in [6, 6.07) is -1.36. The van der Waals surface area contributed by atoms with Crippen molar-refractivity contribution in [2.24, 2.45) is 16.7 Å². The highest BCUT2D eigenvalue weighted by molar-refractivity contribution is 5.99. The predicted molar refractivity (Wildman–Crippen MR) is 132 cm³/mol. The lowest BCUT2D eigenvalue weighted by Crippen LogP contribution is -2.58. The minimum Gasteiger partial charge on any atom is -0.504 e. The fourth-order valence-corrected chi connectivity index (χ4v) is 5.51. The molecular weight excluding hydrogens is 505 g/mol. The van der Waals surface area contributed by atoms with Gasteiger partial charge in [0.25, 0.3) is 11.8 Å². The second-order valence-corrected chi connectivity index (χ2v) is 11.7. The lowest BCUT2D eigenvalue weighted by Gasteiger charge is -2.40. The number of phenols is 2. The third-order valence-electron chi connectivity index (χ3n) is 8.71. The Balaban J connectivity index is 1.69. The van der Waals surface area contributed by atoms with Gasteiger partial charge in [0.15, 0.2) is 11.5 Å². The number of hydrogen-bond donors (Lipinski definition) is 3. The first-order valence-electron chi connectivity index (χ1n) is 12.9. The molecule has 0 spiro atoms. The smallest absolute Gasteiger partial charge is 0.417 e. The van der Waals surface area contributed by atoms with Crippen LogP contribution >= 0.6 is 0 Å². The largest absolute Gasteiger partial charge is 0.504 e. The summed E-state index contributed by atoms with van der Waals surface area (Å²) in [4.78, 5) is 39.3. The van der Waals surface area contributed by atoms with Crippen LogP contribution < -0.4 is 5.32 Å². The lowest BCUT2D eigenvalue weighted by molar-refractivity contribution is -0.178. The maximum Gasteiger partial charge on any atom is 0.417 e. The first-order chi connectivity index (χ1) is 17.5. The minimum atomic E-state index is -5.14. The van der Waals surface area contributed by atoms with Crippen molar-refractivity contribution >= 4 is 17.8 Å². The van der Waals surface area contributed by atoms with Gasteiger partial charge >= 0.3 is 12.1 Å². The molecule has 1 saturated heterocycles. The van der Waals surface area contributed by atoms with E-state index in [0.29, 0.717) is 18.8 Å². The van der Waals surface area contributed by atoms with Crippen LogP contribution in [0.3, 0.4) is 0 Å². The van der Waals surface area contributed by atoms with Gasteiger partial charge in [-0.15, -0.1) is 0 Å². The van der Waals surface area contributed by atoms with E-state index in [1.807, 2.05) is 0 Å². The number of benzene rings is 1. The van der Waals surface area contributed by atoms with Crippen LogP contribution in [-0.4, -0.2) is 63.8 Å². The fraction of sp³-hybridized carbons (Fsp3) is 0.667. The van der Waals surface area contributed by atoms with Crippen LogP contribution in [0.2, 0.25) is 0 Å². The van der Waals surface area contributed by atoms with Crippen molar-refractivity contribution in [2.75, 3.05) is 6.54 Å². The number of nitrogens with one attached hydrogen (secondary N) is 1. The van der Waals surface area contributed by atoms with E-state index >= 15 is 0 Å². The molecule has 3 rings (SSSR count). The van der Waals surface area contributed by atoms with Crippen LogP contribution in [-0.2, 0) is 14.3 Å². The number of alkyl halides is 3. The zero-order valence-electron chi connectivity index (χ0n) is 22.4. The zero-order valence-corrected chi connectivity index (χ0v) is 22.4. The Bertz CT molecular complexity index is 1070. The molecule has 1 aromatic carbocycles. The second kappa shape index (κ2) is 10.6. The zero-order chi connectivity index (χ0) is 28.6. The minimum absolute atomic E-state index is 0.0233. The number of phenolic OH excluding ortho intramolecular Hbond substituents is 2. The van der Waals surface area contributed by atoms with Gasteiger partial charge in [-0.2, -0.15) is 13.2 Å². The number of hydrogen-bond acceptors (Lipinski definition) is 6. The van der Waals surface area contributed by atoms with Gasteiger partial charge < -0.3 is 25.2 Å². The molecule has 1 aromatic rings. The first-order valence-corrected chi connectivity index (χ1v) is 12.9. The van der Waals surface area contributed by atoms with Crippen molar-refractivity contribution < 1.29 is 42.5 Å². The van der Waals surface area contributed by atoms with Gasteiger partial charge in [-0.3, -0.25) is 9.59 Å². The highest BCUT2D eigenvalue weighted by atomic mass is 19.4. The monoisotopic (exact) mass is 542 g/mol. The standard InChI is InChI=1S/C27H37F3N2O6/c1-15(13-17-10-11-25(2,3)26(17,4)5)38-24(37)18-7-6-12-32(18)23(36)21(27(28,29)30)31-22(35)16-8-9-19(33)20(34)14-16/h8-9,14-15,17-18,21,33-34H,6-7,10-13H2,1-5H3,(H,31,35). The molecule has 2 aliphatic rings. The van der Waals surface area contributed by atoms with E-state index in [4.69, 9.17) is 4.74 Å². The Morgan fingerprint density at radius 2 is 1.79 bits per heavy atom. The van der Waals surface area contributed by atoms with Crippen molar-refractivity contribution in [3.05, 3.63) is 23.8 Å². The van der Waals surface area contributed by atoms with E-state index in [1.54, 1.807) is 12.2 Å². The number of aromatic hydroxyl groups is 2. The van der Waals surface area contributed by atoms with Gasteiger partial charge in [0.05, 0.1) is 6.10 Å². The number of halogens is 3. The van der Waals surface area contributed by atoms with Crippen LogP contribution in [0.4, 0.5) is 13.2 Å². The number of carbonyl (C=O) groups excluding carboxylic acids is 3. The summed E-state index contributed by atoms with van der Waals surface area (Å²) in [7, 11) is 0. The van der Waals surface area contributed by atoms with Gasteiger partial charge in [-0.1, -0.05) is 27.7 Å². The summed E-state index contributed by atoms with van der Waals surface area (Å²) in [6.07, 6.45) is -2.50. The summed E-state index contributed by atoms with van der Waals surface area (Å²) in [5.41, 5.74) is -0.229. The van der Waals surface area contributed by atoms with Crippen LogP contribution in [0.25, 0.3) is 0 Å². The summed E-state index contributed by atoms with van der Waals surface area (Å²) in [5, 5.41) is 20.6. The molecule has 11 heteroatoms. The number of esters is 1. The molecule has 38 heavy (non-hydrogen) atoms. The van der Waals surface area contributed by atoms with Crippen LogP contribution in [0, 0.1) is 16.7 Å². The lowest BCUT2D eigenvalue weighted by atomic mass is 9.66. The number of likely N-dealkylation sites (tertiary alicyclic amines) is 1. The summed E-state index contributed by atoms with van der Waals surface area (Å²) in [6.45, 7) is 10.5. The number of ether oxygens (including phenoxy) is 1. The fourth-order valence-electron chi connectivity index (χ4n) is 5.51. The van der Waals surface area contributed by atoms with Gasteiger partial charge in [0.1, 0.15) is 6.04 Å². The van der Waals surface area contributed by atoms with Gasteiger partial charge in [0, 0.05) is 12.1 Å². The highest BCUT2D eigenvalue weighted by Gasteiger charge is 2.51. The molecule has 1 aliphatic carbocycles. The van der Waals surface area contributed by atoms with Crippen molar-refractivity contribution in [2.45, 2.75) is 91.1 Å². The average molecular weight is 543 g/mol. The summed E-state index contributed by atoms with van der Waals surface area (Å²) >= 11 is 0. The molecule has 4 unspecified atom stereocenters. The Hall–Kier alpha value is -2.98. The Kier molecular flexibility index (Phi) is 8.29. The third-order valence-corrected chi connectivity index (χ3v) is 8.71. The van der Waals surface area contributed by atoms with E-state index in [1.165, 1.54) is 0 Å². The summed E-state index contributed by atoms with van der Waals surface area (Å²) < 4.78 is 47.3. The topological polar surface area (TPSA) is 116 Å². The second-order valence-electron chi connectivity index (χ2n) is 11.7. The van der Waals surface area contributed by atoms with E-state index in [-0.39, 0.29) is 29.4 Å². The Labute approximate surface area is 220 Å². The number of carbonyl (C=O) groups is 3. The van der Waals surface area contributed by atoms with Crippen molar-refractivity contribution in [3.8, 4) is 11.5 Å². The molecule has 212 valence electrons. The molecule has 0 aromatic heterocycles. The molecule has 2 fully saturated rings. The molecule has 1 aliphatic heterocycles. The molecule has 0 bridgehead atoms. The molecule has 4 atom stereocenters. The van der Waals surface area contributed by atoms with E-state index in [2.05, 4.69) is 27.7 Å². The van der Waals surface area contributed by atoms with Crippen LogP contribution in [0.1, 0.15) is 77.1 Å². The van der Waals surface area contributed by atoms with Crippen molar-refractivity contribution in [3.63, 3.8) is 0 Å². The van der Waals surface area contributed by atoms with E-state index in [9.17, 15) is 37.8 Å². The van der Waals surface area contributed by atoms with E-state index < -0.39 is 53.6 Å². The molecule has 1 saturated carbocycles. The molecule has 3 N–H and O–H groups in total. The predicted octanol–water partition coefficient (Wildman–Crippen LogP) is 4.53. The normalized spacial score (nSPS) is 24.1. The average Bonchev–Trinajstić information content (AvgIpc) is 3.37. The maximum atomic E-state index is 13.9. The maximum absolute atomic E-state index is 13.9. The molecular formula is C27H37F3N2O6. The number of nitrogens with zero attached hydrogens (tertiary/aromatic N) is 1.